The van der Waals surface area contributed by atoms with Crippen LogP contribution >= 0.6 is 0 Å². The molecule has 0 aromatic heterocycles. The van der Waals surface area contributed by atoms with Crippen LogP contribution in [0.1, 0.15) is 5.56 Å². The molecule has 4 N–H and O–H groups in total. The van der Waals surface area contributed by atoms with Crippen molar-refractivity contribution in [2.75, 3.05) is 7.11 Å². The lowest BCUT2D eigenvalue weighted by molar-refractivity contribution is -0.116. The molecular formula is C12H12N4O3. The molecule has 0 atom stereocenters. The number of nitrogens with two attached hydrogens (primary N) is 1. The molecule has 0 bridgehead atoms. The summed E-state index contributed by atoms with van der Waals surface area (Å²) in [5, 5.41) is 7.86. The smallest absolute Gasteiger partial charge is 0.327 e. The van der Waals surface area contributed by atoms with Gasteiger partial charge in [0.05, 0.1) is 12.7 Å². The quantitative estimate of drug-likeness (QED) is 0.401. The molecule has 0 aliphatic carbocycles. The van der Waals surface area contributed by atoms with E-state index >= 15 is 0 Å². The van der Waals surface area contributed by atoms with E-state index in [9.17, 15) is 9.59 Å². The molecule has 1 heterocycles. The van der Waals surface area contributed by atoms with E-state index in [1.165, 1.54) is 0 Å². The topological polar surface area (TPSA) is 106 Å². The lowest BCUT2D eigenvalue weighted by Crippen LogP contribution is -2.51. The SMILES string of the molecule is COc1ccc(/C=C2/C(=O)NC(=O)N/C2=N/N)cc1. The molecule has 2 rings (SSSR count). The summed E-state index contributed by atoms with van der Waals surface area (Å²) in [6.45, 7) is 0. The molecule has 0 saturated carbocycles. The van der Waals surface area contributed by atoms with Crippen LogP contribution in [0.25, 0.3) is 6.08 Å². The molecule has 3 amide bonds. The summed E-state index contributed by atoms with van der Waals surface area (Å²) in [6.07, 6.45) is 1.57. The van der Waals surface area contributed by atoms with Crippen molar-refractivity contribution in [2.24, 2.45) is 10.9 Å². The molecule has 1 fully saturated rings. The number of carbonyl (C=O) groups excluding carboxylic acids is 2. The van der Waals surface area contributed by atoms with Crippen LogP contribution in [0.5, 0.6) is 5.75 Å². The Morgan fingerprint density at radius 2 is 1.89 bits per heavy atom. The summed E-state index contributed by atoms with van der Waals surface area (Å²) < 4.78 is 5.04. The van der Waals surface area contributed by atoms with Crippen molar-refractivity contribution < 1.29 is 14.3 Å². The summed E-state index contributed by atoms with van der Waals surface area (Å²) in [5.41, 5.74) is 0.940. The van der Waals surface area contributed by atoms with Crippen molar-refractivity contribution >= 4 is 23.8 Å². The normalized spacial score (nSPS) is 19.2. The maximum absolute atomic E-state index is 11.7. The van der Waals surface area contributed by atoms with Gasteiger partial charge in [-0.3, -0.25) is 15.4 Å². The van der Waals surface area contributed by atoms with Crippen LogP contribution in [0.2, 0.25) is 0 Å². The first-order valence-corrected chi connectivity index (χ1v) is 5.40. The van der Waals surface area contributed by atoms with Gasteiger partial charge in [-0.2, -0.15) is 5.10 Å². The molecule has 7 heteroatoms. The third-order valence-electron chi connectivity index (χ3n) is 2.51. The Morgan fingerprint density at radius 1 is 1.21 bits per heavy atom. The first kappa shape index (κ1) is 12.6. The highest BCUT2D eigenvalue weighted by atomic mass is 16.5. The molecule has 1 aliphatic heterocycles. The first-order valence-electron chi connectivity index (χ1n) is 5.40. The third kappa shape index (κ3) is 2.71. The number of amides is 3. The van der Waals surface area contributed by atoms with Gasteiger partial charge in [-0.15, -0.1) is 0 Å². The van der Waals surface area contributed by atoms with Gasteiger partial charge in [-0.25, -0.2) is 4.79 Å². The van der Waals surface area contributed by atoms with E-state index in [1.807, 2.05) is 0 Å². The molecule has 19 heavy (non-hydrogen) atoms. The van der Waals surface area contributed by atoms with Gasteiger partial charge in [0.25, 0.3) is 5.91 Å². The molecular weight excluding hydrogens is 248 g/mol. The number of hydrogen-bond donors (Lipinski definition) is 3. The highest BCUT2D eigenvalue weighted by Crippen LogP contribution is 2.15. The van der Waals surface area contributed by atoms with E-state index in [1.54, 1.807) is 37.5 Å². The Morgan fingerprint density at radius 3 is 2.47 bits per heavy atom. The van der Waals surface area contributed by atoms with Gasteiger partial charge < -0.3 is 10.6 Å². The molecule has 1 aromatic rings. The fourth-order valence-electron chi connectivity index (χ4n) is 1.59. The highest BCUT2D eigenvalue weighted by molar-refractivity contribution is 6.32. The first-order chi connectivity index (χ1) is 9.13. The number of benzene rings is 1. The Labute approximate surface area is 109 Å². The second-order valence-electron chi connectivity index (χ2n) is 3.72. The summed E-state index contributed by atoms with van der Waals surface area (Å²) >= 11 is 0. The number of ether oxygens (including phenoxy) is 1. The Hall–Kier alpha value is -2.83. The standard InChI is InChI=1S/C12H12N4O3/c1-19-8-4-2-7(3-5-8)6-9-10(16-13)14-12(18)15-11(9)17/h2-6H,13H2,1H3,(H2,14,15,16,17,18)/b9-6+. The lowest BCUT2D eigenvalue weighted by Gasteiger charge is -2.17. The maximum Gasteiger partial charge on any atom is 0.327 e. The fourth-order valence-corrected chi connectivity index (χ4v) is 1.59. The van der Waals surface area contributed by atoms with Crippen molar-refractivity contribution in [1.82, 2.24) is 10.6 Å². The number of hydrogen-bond acceptors (Lipinski definition) is 5. The van der Waals surface area contributed by atoms with Crippen LogP contribution in [0.15, 0.2) is 34.9 Å². The Balaban J connectivity index is 2.34. The number of nitrogens with zero attached hydrogens (tertiary/aromatic N) is 1. The van der Waals surface area contributed by atoms with E-state index in [0.29, 0.717) is 5.75 Å². The number of carbonyl (C=O) groups is 2. The van der Waals surface area contributed by atoms with Crippen LogP contribution in [0.4, 0.5) is 4.79 Å². The van der Waals surface area contributed by atoms with Gasteiger partial charge in [0.1, 0.15) is 5.75 Å². The molecule has 0 unspecified atom stereocenters. The molecule has 1 saturated heterocycles. The number of urea groups is 1. The number of imide groups is 1. The average Bonchev–Trinajstić information content (AvgIpc) is 2.42. The number of hydrazone groups is 1. The maximum atomic E-state index is 11.7. The average molecular weight is 260 g/mol. The number of rotatable bonds is 2. The van der Waals surface area contributed by atoms with Crippen molar-refractivity contribution in [2.45, 2.75) is 0 Å². The zero-order valence-electron chi connectivity index (χ0n) is 10.1. The monoisotopic (exact) mass is 260 g/mol. The van der Waals surface area contributed by atoms with Crippen LogP contribution in [-0.4, -0.2) is 24.9 Å². The van der Waals surface area contributed by atoms with Crippen molar-refractivity contribution in [1.29, 1.82) is 0 Å². The Kier molecular flexibility index (Phi) is 3.46. The largest absolute Gasteiger partial charge is 0.497 e. The van der Waals surface area contributed by atoms with Gasteiger partial charge in [0.15, 0.2) is 5.84 Å². The van der Waals surface area contributed by atoms with Gasteiger partial charge in [-0.1, -0.05) is 12.1 Å². The Bertz CT molecular complexity index is 575. The van der Waals surface area contributed by atoms with Crippen LogP contribution in [-0.2, 0) is 4.79 Å². The van der Waals surface area contributed by atoms with Crippen LogP contribution < -0.4 is 21.2 Å². The molecule has 1 aromatic carbocycles. The highest BCUT2D eigenvalue weighted by Gasteiger charge is 2.25. The molecule has 98 valence electrons. The summed E-state index contributed by atoms with van der Waals surface area (Å²) in [5.74, 6) is 5.33. The lowest BCUT2D eigenvalue weighted by atomic mass is 10.1. The summed E-state index contributed by atoms with van der Waals surface area (Å²) in [4.78, 5) is 22.8. The van der Waals surface area contributed by atoms with Gasteiger partial charge in [0, 0.05) is 0 Å². The minimum atomic E-state index is -0.652. The van der Waals surface area contributed by atoms with Gasteiger partial charge >= 0.3 is 6.03 Å². The van der Waals surface area contributed by atoms with Gasteiger partial charge in [-0.05, 0) is 23.8 Å². The second-order valence-corrected chi connectivity index (χ2v) is 3.72. The fraction of sp³-hybridized carbons (Fsp3) is 0.0833. The van der Waals surface area contributed by atoms with Crippen molar-refractivity contribution in [3.8, 4) is 5.75 Å². The van der Waals surface area contributed by atoms with Crippen molar-refractivity contribution in [3.63, 3.8) is 0 Å². The molecule has 1 aliphatic rings. The van der Waals surface area contributed by atoms with Crippen molar-refractivity contribution in [3.05, 3.63) is 35.4 Å². The number of nitrogens with one attached hydrogen (secondary N) is 2. The van der Waals surface area contributed by atoms with E-state index in [-0.39, 0.29) is 11.4 Å². The molecule has 0 radical (unpaired) electrons. The molecule has 7 nitrogen and oxygen atoms in total. The molecule has 0 spiro atoms. The van der Waals surface area contributed by atoms with Crippen LogP contribution in [0.3, 0.4) is 0 Å². The predicted octanol–water partition coefficient (Wildman–Crippen LogP) is 0.190. The number of amidine groups is 1. The minimum absolute atomic E-state index is 0.0320. The van der Waals surface area contributed by atoms with E-state index in [0.717, 1.165) is 5.56 Å². The third-order valence-corrected chi connectivity index (χ3v) is 2.51. The van der Waals surface area contributed by atoms with E-state index < -0.39 is 11.9 Å². The second kappa shape index (κ2) is 5.21. The van der Waals surface area contributed by atoms with E-state index in [4.69, 9.17) is 10.6 Å². The van der Waals surface area contributed by atoms with E-state index in [2.05, 4.69) is 15.7 Å². The zero-order valence-corrected chi connectivity index (χ0v) is 10.1. The van der Waals surface area contributed by atoms with Crippen LogP contribution in [0, 0.1) is 0 Å². The summed E-state index contributed by atoms with van der Waals surface area (Å²) in [6, 6.07) is 6.39. The minimum Gasteiger partial charge on any atom is -0.497 e. The predicted molar refractivity (Wildman–Crippen MR) is 69.3 cm³/mol. The zero-order chi connectivity index (χ0) is 13.8. The summed E-state index contributed by atoms with van der Waals surface area (Å²) in [7, 11) is 1.57. The van der Waals surface area contributed by atoms with Gasteiger partial charge in [0.2, 0.25) is 0 Å². The number of methoxy groups -OCH3 is 1.